The van der Waals surface area contributed by atoms with E-state index in [-0.39, 0.29) is 24.0 Å². The molecule has 1 aromatic rings. The molecule has 1 aliphatic rings. The molecule has 1 aliphatic carbocycles. The van der Waals surface area contributed by atoms with E-state index in [0.29, 0.717) is 12.1 Å². The zero-order valence-corrected chi connectivity index (χ0v) is 10.6. The highest BCUT2D eigenvalue weighted by atomic mass is 16.3. The second-order valence-electron chi connectivity index (χ2n) is 5.09. The molecule has 0 aromatic heterocycles. The second-order valence-corrected chi connectivity index (χ2v) is 5.09. The van der Waals surface area contributed by atoms with Crippen molar-refractivity contribution in [3.05, 3.63) is 29.8 Å². The quantitative estimate of drug-likeness (QED) is 0.685. The number of carbonyl (C=O) groups is 1. The number of nitrogen functional groups attached to an aromatic ring is 1. The fourth-order valence-electron chi connectivity index (χ4n) is 2.20. The van der Waals surface area contributed by atoms with Crippen molar-refractivity contribution >= 4 is 11.6 Å². The van der Waals surface area contributed by atoms with E-state index in [9.17, 15) is 4.79 Å². The molecule has 98 valence electrons. The molecule has 4 N–H and O–H groups in total. The van der Waals surface area contributed by atoms with Crippen molar-refractivity contribution in [3.8, 4) is 0 Å². The molecule has 0 heterocycles. The molecule has 4 heteroatoms. The maximum atomic E-state index is 12.3. The SMILES string of the molecule is CC(CCO)NC(=O)C1(c2ccc(N)cc2)CC1. The van der Waals surface area contributed by atoms with Crippen LogP contribution in [0.2, 0.25) is 0 Å². The lowest BCUT2D eigenvalue weighted by Gasteiger charge is -2.19. The van der Waals surface area contributed by atoms with Crippen LogP contribution in [0.25, 0.3) is 0 Å². The van der Waals surface area contributed by atoms with Crippen LogP contribution in [0.5, 0.6) is 0 Å². The van der Waals surface area contributed by atoms with Gasteiger partial charge in [0, 0.05) is 18.3 Å². The Hall–Kier alpha value is -1.55. The summed E-state index contributed by atoms with van der Waals surface area (Å²) in [6.45, 7) is 2.00. The van der Waals surface area contributed by atoms with Crippen LogP contribution in [0.1, 0.15) is 31.7 Å². The third-order valence-corrected chi connectivity index (χ3v) is 3.59. The smallest absolute Gasteiger partial charge is 0.230 e. The highest BCUT2D eigenvalue weighted by Gasteiger charge is 2.51. The van der Waals surface area contributed by atoms with E-state index in [1.807, 2.05) is 31.2 Å². The lowest BCUT2D eigenvalue weighted by molar-refractivity contribution is -0.124. The summed E-state index contributed by atoms with van der Waals surface area (Å²) in [5.74, 6) is 0.0632. The molecule has 0 bridgehead atoms. The van der Waals surface area contributed by atoms with E-state index in [2.05, 4.69) is 5.32 Å². The Labute approximate surface area is 107 Å². The van der Waals surface area contributed by atoms with Crippen LogP contribution in [-0.4, -0.2) is 23.7 Å². The molecule has 2 rings (SSSR count). The maximum absolute atomic E-state index is 12.3. The monoisotopic (exact) mass is 248 g/mol. The van der Waals surface area contributed by atoms with Crippen molar-refractivity contribution in [2.75, 3.05) is 12.3 Å². The standard InChI is InChI=1S/C14H20N2O2/c1-10(6-9-17)16-13(18)14(7-8-14)11-2-4-12(15)5-3-11/h2-5,10,17H,6-9,15H2,1H3,(H,16,18). The van der Waals surface area contributed by atoms with Crippen molar-refractivity contribution in [2.45, 2.75) is 37.6 Å². The maximum Gasteiger partial charge on any atom is 0.230 e. The summed E-state index contributed by atoms with van der Waals surface area (Å²) < 4.78 is 0. The van der Waals surface area contributed by atoms with Crippen LogP contribution in [0.4, 0.5) is 5.69 Å². The summed E-state index contributed by atoms with van der Waals surface area (Å²) in [7, 11) is 0. The van der Waals surface area contributed by atoms with Crippen molar-refractivity contribution < 1.29 is 9.90 Å². The molecule has 0 aliphatic heterocycles. The summed E-state index contributed by atoms with van der Waals surface area (Å²) in [6.07, 6.45) is 2.35. The first-order valence-corrected chi connectivity index (χ1v) is 6.36. The summed E-state index contributed by atoms with van der Waals surface area (Å²) >= 11 is 0. The van der Waals surface area contributed by atoms with Gasteiger partial charge in [-0.15, -0.1) is 0 Å². The minimum absolute atomic E-state index is 0.00811. The molecule has 1 unspecified atom stereocenters. The molecular weight excluding hydrogens is 228 g/mol. The second kappa shape index (κ2) is 4.98. The fourth-order valence-corrected chi connectivity index (χ4v) is 2.20. The molecule has 0 saturated heterocycles. The van der Waals surface area contributed by atoms with Gasteiger partial charge in [-0.05, 0) is 43.9 Å². The van der Waals surface area contributed by atoms with Crippen molar-refractivity contribution in [1.29, 1.82) is 0 Å². The van der Waals surface area contributed by atoms with E-state index in [1.54, 1.807) is 0 Å². The zero-order valence-electron chi connectivity index (χ0n) is 10.6. The van der Waals surface area contributed by atoms with Crippen LogP contribution in [0, 0.1) is 0 Å². The molecule has 0 spiro atoms. The van der Waals surface area contributed by atoms with Crippen LogP contribution >= 0.6 is 0 Å². The third kappa shape index (κ3) is 2.48. The van der Waals surface area contributed by atoms with Crippen LogP contribution in [0.15, 0.2) is 24.3 Å². The van der Waals surface area contributed by atoms with Gasteiger partial charge in [0.2, 0.25) is 5.91 Å². The predicted octanol–water partition coefficient (Wildman–Crippen LogP) is 1.19. The van der Waals surface area contributed by atoms with Crippen LogP contribution in [-0.2, 0) is 10.2 Å². The topological polar surface area (TPSA) is 75.3 Å². The van der Waals surface area contributed by atoms with Gasteiger partial charge in [-0.2, -0.15) is 0 Å². The molecule has 1 atom stereocenters. The molecule has 1 amide bonds. The number of benzene rings is 1. The Morgan fingerprint density at radius 2 is 2.06 bits per heavy atom. The highest BCUT2D eigenvalue weighted by Crippen LogP contribution is 2.48. The fraction of sp³-hybridized carbons (Fsp3) is 0.500. The van der Waals surface area contributed by atoms with E-state index in [4.69, 9.17) is 10.8 Å². The van der Waals surface area contributed by atoms with Gasteiger partial charge in [-0.1, -0.05) is 12.1 Å². The van der Waals surface area contributed by atoms with Gasteiger partial charge in [-0.3, -0.25) is 4.79 Å². The average Bonchev–Trinajstić information content (AvgIpc) is 3.11. The number of nitrogens with one attached hydrogen (secondary N) is 1. The van der Waals surface area contributed by atoms with Gasteiger partial charge in [0.25, 0.3) is 0 Å². The Kier molecular flexibility index (Phi) is 3.57. The van der Waals surface area contributed by atoms with Gasteiger partial charge >= 0.3 is 0 Å². The summed E-state index contributed by atoms with van der Waals surface area (Å²) in [4.78, 5) is 12.3. The lowest BCUT2D eigenvalue weighted by Crippen LogP contribution is -2.40. The van der Waals surface area contributed by atoms with E-state index < -0.39 is 0 Å². The van der Waals surface area contributed by atoms with Gasteiger partial charge in [0.05, 0.1) is 5.41 Å². The first-order chi connectivity index (χ1) is 8.58. The van der Waals surface area contributed by atoms with E-state index in [1.165, 1.54) is 0 Å². The number of aliphatic hydroxyl groups excluding tert-OH is 1. The van der Waals surface area contributed by atoms with Crippen molar-refractivity contribution in [1.82, 2.24) is 5.32 Å². The summed E-state index contributed by atoms with van der Waals surface area (Å²) in [6, 6.07) is 7.53. The van der Waals surface area contributed by atoms with Crippen molar-refractivity contribution in [2.24, 2.45) is 0 Å². The first kappa shape index (κ1) is 12.9. The summed E-state index contributed by atoms with van der Waals surface area (Å²) in [5, 5.41) is 11.8. The Balaban J connectivity index is 2.07. The number of rotatable bonds is 5. The number of hydrogen-bond donors (Lipinski definition) is 3. The normalized spacial score (nSPS) is 18.1. The lowest BCUT2D eigenvalue weighted by atomic mass is 9.94. The van der Waals surface area contributed by atoms with Gasteiger partial charge < -0.3 is 16.2 Å². The highest BCUT2D eigenvalue weighted by molar-refractivity contribution is 5.91. The minimum atomic E-state index is -0.364. The molecule has 4 nitrogen and oxygen atoms in total. The number of nitrogens with two attached hydrogens (primary N) is 1. The molecule has 18 heavy (non-hydrogen) atoms. The van der Waals surface area contributed by atoms with Gasteiger partial charge in [-0.25, -0.2) is 0 Å². The Bertz CT molecular complexity index is 424. The largest absolute Gasteiger partial charge is 0.399 e. The van der Waals surface area contributed by atoms with Gasteiger partial charge in [0.15, 0.2) is 0 Å². The zero-order chi connectivity index (χ0) is 13.2. The molecule has 1 saturated carbocycles. The van der Waals surface area contributed by atoms with Crippen molar-refractivity contribution in [3.63, 3.8) is 0 Å². The van der Waals surface area contributed by atoms with Crippen LogP contribution in [0.3, 0.4) is 0 Å². The number of aliphatic hydroxyl groups is 1. The third-order valence-electron chi connectivity index (χ3n) is 3.59. The molecule has 0 radical (unpaired) electrons. The molecule has 1 fully saturated rings. The average molecular weight is 248 g/mol. The van der Waals surface area contributed by atoms with E-state index >= 15 is 0 Å². The number of amides is 1. The summed E-state index contributed by atoms with van der Waals surface area (Å²) in [5.41, 5.74) is 7.04. The minimum Gasteiger partial charge on any atom is -0.399 e. The number of hydrogen-bond acceptors (Lipinski definition) is 3. The Morgan fingerprint density at radius 3 is 2.56 bits per heavy atom. The molecular formula is C14H20N2O2. The number of anilines is 1. The van der Waals surface area contributed by atoms with Gasteiger partial charge in [0.1, 0.15) is 0 Å². The first-order valence-electron chi connectivity index (χ1n) is 6.36. The number of carbonyl (C=O) groups excluding carboxylic acids is 1. The Morgan fingerprint density at radius 1 is 1.44 bits per heavy atom. The predicted molar refractivity (Wildman–Crippen MR) is 71.1 cm³/mol. The van der Waals surface area contributed by atoms with E-state index in [0.717, 1.165) is 18.4 Å². The van der Waals surface area contributed by atoms with Crippen LogP contribution < -0.4 is 11.1 Å². The molecule has 1 aromatic carbocycles.